The summed E-state index contributed by atoms with van der Waals surface area (Å²) in [6.45, 7) is 0. The highest BCUT2D eigenvalue weighted by atomic mass is 79.9. The van der Waals surface area contributed by atoms with Crippen LogP contribution in [0.25, 0.3) is 5.69 Å². The van der Waals surface area contributed by atoms with Gasteiger partial charge in [0.1, 0.15) is 5.75 Å². The number of fused-ring (bicyclic) bond motifs is 1. The minimum absolute atomic E-state index is 0.119. The number of ether oxygens (including phenoxy) is 1. The maximum Gasteiger partial charge on any atom is 0.278 e. The molecule has 0 fully saturated rings. The van der Waals surface area contributed by atoms with E-state index in [1.807, 2.05) is 53.2 Å². The first-order valence-corrected chi connectivity index (χ1v) is 9.67. The maximum absolute atomic E-state index is 13.3. The third-order valence-electron chi connectivity index (χ3n) is 4.94. The molecule has 0 aliphatic heterocycles. The van der Waals surface area contributed by atoms with Crippen molar-refractivity contribution < 1.29 is 9.53 Å². The van der Waals surface area contributed by atoms with E-state index >= 15 is 0 Å². The van der Waals surface area contributed by atoms with E-state index < -0.39 is 0 Å². The molecule has 0 unspecified atom stereocenters. The number of nitrogens with zero attached hydrogens (tertiary/aromatic N) is 3. The number of hydrogen-bond donors (Lipinski definition) is 0. The Kier molecular flexibility index (Phi) is 4.74. The van der Waals surface area contributed by atoms with Crippen LogP contribution in [0.3, 0.4) is 0 Å². The van der Waals surface area contributed by atoms with Crippen LogP contribution in [0, 0.1) is 0 Å². The van der Waals surface area contributed by atoms with Crippen molar-refractivity contribution in [3.63, 3.8) is 0 Å². The predicted octanol–water partition coefficient (Wildman–Crippen LogP) is 4.41. The van der Waals surface area contributed by atoms with Gasteiger partial charge in [-0.05, 0) is 49.6 Å². The molecule has 6 heteroatoms. The number of aromatic nitrogens is 2. The van der Waals surface area contributed by atoms with Gasteiger partial charge < -0.3 is 9.64 Å². The van der Waals surface area contributed by atoms with E-state index in [1.165, 1.54) is 0 Å². The minimum Gasteiger partial charge on any atom is -0.495 e. The number of hydrogen-bond acceptors (Lipinski definition) is 3. The van der Waals surface area contributed by atoms with E-state index in [-0.39, 0.29) is 5.91 Å². The number of amides is 1. The molecule has 1 aliphatic rings. The third-order valence-corrected chi connectivity index (χ3v) is 5.43. The number of carbonyl (C=O) groups excluding carboxylic acids is 1. The molecule has 0 atom stereocenters. The molecule has 0 radical (unpaired) electrons. The highest BCUT2D eigenvalue weighted by molar-refractivity contribution is 9.10. The third kappa shape index (κ3) is 3.14. The van der Waals surface area contributed by atoms with Crippen LogP contribution in [-0.4, -0.2) is 29.8 Å². The molecular formula is C21H20BrN3O2. The lowest BCUT2D eigenvalue weighted by molar-refractivity contribution is 0.0986. The monoisotopic (exact) mass is 425 g/mol. The lowest BCUT2D eigenvalue weighted by Crippen LogP contribution is -2.28. The fourth-order valence-electron chi connectivity index (χ4n) is 3.61. The molecule has 0 bridgehead atoms. The Morgan fingerprint density at radius 3 is 2.78 bits per heavy atom. The van der Waals surface area contributed by atoms with E-state index in [1.54, 1.807) is 19.1 Å². The van der Waals surface area contributed by atoms with Crippen molar-refractivity contribution in [1.29, 1.82) is 0 Å². The largest absolute Gasteiger partial charge is 0.495 e. The average molecular weight is 426 g/mol. The summed E-state index contributed by atoms with van der Waals surface area (Å²) in [5, 5.41) is 4.71. The Morgan fingerprint density at radius 1 is 1.19 bits per heavy atom. The second kappa shape index (κ2) is 7.19. The van der Waals surface area contributed by atoms with Crippen LogP contribution < -0.4 is 9.64 Å². The van der Waals surface area contributed by atoms with Crippen molar-refractivity contribution in [1.82, 2.24) is 9.78 Å². The normalized spacial score (nSPS) is 12.7. The van der Waals surface area contributed by atoms with Crippen LogP contribution in [0.1, 0.15) is 28.2 Å². The molecule has 0 spiro atoms. The Hall–Kier alpha value is -2.60. The van der Waals surface area contributed by atoms with E-state index in [0.29, 0.717) is 11.4 Å². The second-order valence-corrected chi connectivity index (χ2v) is 7.47. The van der Waals surface area contributed by atoms with Gasteiger partial charge in [-0.1, -0.05) is 34.1 Å². The molecule has 0 saturated carbocycles. The summed E-state index contributed by atoms with van der Waals surface area (Å²) in [5.74, 6) is 0.544. The first kappa shape index (κ1) is 17.8. The summed E-state index contributed by atoms with van der Waals surface area (Å²) in [5.41, 5.74) is 4.40. The zero-order valence-electron chi connectivity index (χ0n) is 15.3. The lowest BCUT2D eigenvalue weighted by Gasteiger charge is -2.19. The molecule has 2 aromatic carbocycles. The SMILES string of the molecule is COc1ccccc1N(C)C(=O)c1nn(-c2cccc(Br)c2)c2c1CCC2. The number of anilines is 1. The number of carbonyl (C=O) groups is 1. The van der Waals surface area contributed by atoms with Crippen molar-refractivity contribution in [2.24, 2.45) is 0 Å². The first-order chi connectivity index (χ1) is 13.1. The summed E-state index contributed by atoms with van der Waals surface area (Å²) in [6, 6.07) is 15.5. The van der Waals surface area contributed by atoms with Gasteiger partial charge in [-0.2, -0.15) is 5.10 Å². The number of benzene rings is 2. The lowest BCUT2D eigenvalue weighted by atomic mass is 10.1. The molecule has 3 aromatic rings. The molecule has 0 saturated heterocycles. The molecule has 0 N–H and O–H groups in total. The molecule has 1 amide bonds. The fraction of sp³-hybridized carbons (Fsp3) is 0.238. The summed E-state index contributed by atoms with van der Waals surface area (Å²) in [4.78, 5) is 14.9. The van der Waals surface area contributed by atoms with Gasteiger partial charge in [0, 0.05) is 22.8 Å². The van der Waals surface area contributed by atoms with Gasteiger partial charge in [0.05, 0.1) is 18.5 Å². The fourth-order valence-corrected chi connectivity index (χ4v) is 3.99. The molecule has 4 rings (SSSR count). The van der Waals surface area contributed by atoms with E-state index in [9.17, 15) is 4.79 Å². The van der Waals surface area contributed by atoms with Crippen LogP contribution in [0.5, 0.6) is 5.75 Å². The molecular weight excluding hydrogens is 406 g/mol. The van der Waals surface area contributed by atoms with E-state index in [4.69, 9.17) is 9.84 Å². The predicted molar refractivity (Wildman–Crippen MR) is 109 cm³/mol. The highest BCUT2D eigenvalue weighted by Crippen LogP contribution is 2.32. The smallest absolute Gasteiger partial charge is 0.278 e. The minimum atomic E-state index is -0.119. The first-order valence-electron chi connectivity index (χ1n) is 8.88. The van der Waals surface area contributed by atoms with Crippen molar-refractivity contribution in [3.05, 3.63) is 70.0 Å². The molecule has 1 aromatic heterocycles. The van der Waals surface area contributed by atoms with Gasteiger partial charge in [0.2, 0.25) is 0 Å². The Morgan fingerprint density at radius 2 is 2.00 bits per heavy atom. The van der Waals surface area contributed by atoms with E-state index in [0.717, 1.165) is 46.4 Å². The Bertz CT molecular complexity index is 1010. The van der Waals surface area contributed by atoms with Gasteiger partial charge in [-0.25, -0.2) is 4.68 Å². The van der Waals surface area contributed by atoms with Crippen molar-refractivity contribution in [3.8, 4) is 11.4 Å². The zero-order chi connectivity index (χ0) is 19.0. The zero-order valence-corrected chi connectivity index (χ0v) is 16.9. The second-order valence-electron chi connectivity index (χ2n) is 6.56. The quantitative estimate of drug-likeness (QED) is 0.621. The van der Waals surface area contributed by atoms with Crippen LogP contribution in [0.2, 0.25) is 0 Å². The summed E-state index contributed by atoms with van der Waals surface area (Å²) in [6.07, 6.45) is 2.85. The van der Waals surface area contributed by atoms with Gasteiger partial charge in [0.15, 0.2) is 5.69 Å². The number of para-hydroxylation sites is 2. The maximum atomic E-state index is 13.3. The molecule has 1 aliphatic carbocycles. The van der Waals surface area contributed by atoms with Crippen molar-refractivity contribution in [2.45, 2.75) is 19.3 Å². The van der Waals surface area contributed by atoms with Crippen LogP contribution in [-0.2, 0) is 12.8 Å². The van der Waals surface area contributed by atoms with Crippen LogP contribution >= 0.6 is 15.9 Å². The Balaban J connectivity index is 1.76. The van der Waals surface area contributed by atoms with Crippen LogP contribution in [0.15, 0.2) is 53.0 Å². The molecule has 1 heterocycles. The average Bonchev–Trinajstić information content (AvgIpc) is 3.29. The van der Waals surface area contributed by atoms with E-state index in [2.05, 4.69) is 15.9 Å². The van der Waals surface area contributed by atoms with Gasteiger partial charge in [-0.3, -0.25) is 4.79 Å². The molecule has 5 nitrogen and oxygen atoms in total. The highest BCUT2D eigenvalue weighted by Gasteiger charge is 2.29. The number of rotatable bonds is 4. The summed E-state index contributed by atoms with van der Waals surface area (Å²) >= 11 is 3.52. The summed E-state index contributed by atoms with van der Waals surface area (Å²) < 4.78 is 8.31. The standard InChI is InChI=1S/C21H20BrN3O2/c1-24(18-10-3-4-12-19(18)27-2)21(26)20-16-9-6-11-17(16)25(23-20)15-8-5-7-14(22)13-15/h3-5,7-8,10,12-13H,6,9,11H2,1-2H3. The Labute approximate surface area is 166 Å². The van der Waals surface area contributed by atoms with Gasteiger partial charge in [0.25, 0.3) is 5.91 Å². The van der Waals surface area contributed by atoms with Crippen molar-refractivity contribution in [2.75, 3.05) is 19.1 Å². The van der Waals surface area contributed by atoms with Crippen LogP contribution in [0.4, 0.5) is 5.69 Å². The van der Waals surface area contributed by atoms with Gasteiger partial charge in [-0.15, -0.1) is 0 Å². The number of halogens is 1. The van der Waals surface area contributed by atoms with Crippen molar-refractivity contribution >= 4 is 27.5 Å². The van der Waals surface area contributed by atoms with Gasteiger partial charge >= 0.3 is 0 Å². The molecule has 138 valence electrons. The number of methoxy groups -OCH3 is 1. The molecule has 27 heavy (non-hydrogen) atoms. The topological polar surface area (TPSA) is 47.4 Å². The summed E-state index contributed by atoms with van der Waals surface area (Å²) in [7, 11) is 3.37.